The predicted molar refractivity (Wildman–Crippen MR) is 38.5 cm³/mol. The number of carbonyl (C=O) groups is 1. The largest absolute Gasteiger partial charge is 0.281 e. The molecule has 0 aromatic heterocycles. The minimum Gasteiger partial charge on any atom is -0.281 e. The standard InChI is InChI=1S/C7H4BrO/c8-7(9)6-4-2-1-3-5-6/h2-5H. The Morgan fingerprint density at radius 3 is 2.33 bits per heavy atom. The van der Waals surface area contributed by atoms with Crippen molar-refractivity contribution in [2.45, 2.75) is 0 Å². The maximum absolute atomic E-state index is 10.5. The smallest absolute Gasteiger partial charge is 0.228 e. The number of carbonyl (C=O) groups excluding carboxylic acids is 1. The summed E-state index contributed by atoms with van der Waals surface area (Å²) in [4.78, 5) is 10.5. The van der Waals surface area contributed by atoms with Gasteiger partial charge in [0.25, 0.3) is 0 Å². The minimum atomic E-state index is -0.0866. The number of hydrogen-bond donors (Lipinski definition) is 0. The quantitative estimate of drug-likeness (QED) is 0.610. The summed E-state index contributed by atoms with van der Waals surface area (Å²) in [5.41, 5.74) is 0.661. The molecule has 0 fully saturated rings. The van der Waals surface area contributed by atoms with Crippen LogP contribution in [0.2, 0.25) is 0 Å². The van der Waals surface area contributed by atoms with E-state index in [1.807, 2.05) is 0 Å². The topological polar surface area (TPSA) is 17.1 Å². The third-order valence-corrected chi connectivity index (χ3v) is 1.40. The molecule has 1 radical (unpaired) electrons. The second kappa shape index (κ2) is 2.78. The van der Waals surface area contributed by atoms with Gasteiger partial charge in [-0.05, 0) is 34.1 Å². The second-order valence-corrected chi connectivity index (χ2v) is 2.28. The number of hydrogen-bond acceptors (Lipinski definition) is 1. The van der Waals surface area contributed by atoms with Crippen molar-refractivity contribution in [3.05, 3.63) is 35.9 Å². The Morgan fingerprint density at radius 1 is 1.44 bits per heavy atom. The molecule has 0 N–H and O–H groups in total. The molecule has 9 heavy (non-hydrogen) atoms. The van der Waals surface area contributed by atoms with Crippen LogP contribution < -0.4 is 0 Å². The van der Waals surface area contributed by atoms with Crippen molar-refractivity contribution in [1.29, 1.82) is 0 Å². The molecule has 0 spiro atoms. The molecule has 0 bridgehead atoms. The van der Waals surface area contributed by atoms with E-state index in [1.54, 1.807) is 24.3 Å². The molecule has 1 nitrogen and oxygen atoms in total. The fourth-order valence-electron chi connectivity index (χ4n) is 0.518. The average molecular weight is 184 g/mol. The molecule has 1 aromatic carbocycles. The van der Waals surface area contributed by atoms with Crippen LogP contribution in [-0.4, -0.2) is 4.69 Å². The first-order valence-corrected chi connectivity index (χ1v) is 3.26. The minimum absolute atomic E-state index is 0.0866. The molecule has 0 unspecified atom stereocenters. The van der Waals surface area contributed by atoms with E-state index in [0.717, 1.165) is 0 Å². The number of benzene rings is 1. The van der Waals surface area contributed by atoms with E-state index in [4.69, 9.17) is 0 Å². The van der Waals surface area contributed by atoms with Crippen LogP contribution in [0.25, 0.3) is 0 Å². The zero-order valence-electron chi connectivity index (χ0n) is 4.60. The van der Waals surface area contributed by atoms with Gasteiger partial charge in [-0.25, -0.2) is 0 Å². The highest BCUT2D eigenvalue weighted by Crippen LogP contribution is 2.02. The van der Waals surface area contributed by atoms with Gasteiger partial charge in [0.05, 0.1) is 0 Å². The molecule has 0 heterocycles. The first-order valence-electron chi connectivity index (χ1n) is 2.46. The zero-order valence-corrected chi connectivity index (χ0v) is 6.18. The summed E-state index contributed by atoms with van der Waals surface area (Å²) < 4.78 is -0.0866. The SMILES string of the molecule is O=C(Br)c1cc[c]cc1. The van der Waals surface area contributed by atoms with Crippen LogP contribution in [0.15, 0.2) is 24.3 Å². The lowest BCUT2D eigenvalue weighted by Gasteiger charge is -1.87. The summed E-state index contributed by atoms with van der Waals surface area (Å²) >= 11 is 2.83. The zero-order chi connectivity index (χ0) is 6.69. The van der Waals surface area contributed by atoms with E-state index in [9.17, 15) is 4.79 Å². The van der Waals surface area contributed by atoms with E-state index >= 15 is 0 Å². The molecule has 0 saturated heterocycles. The molecular formula is C7H4BrO. The van der Waals surface area contributed by atoms with Crippen molar-refractivity contribution in [3.63, 3.8) is 0 Å². The highest BCUT2D eigenvalue weighted by Gasteiger charge is 1.95. The highest BCUT2D eigenvalue weighted by atomic mass is 79.9. The Kier molecular flexibility index (Phi) is 2.01. The van der Waals surface area contributed by atoms with Crippen LogP contribution in [0.1, 0.15) is 10.4 Å². The fourth-order valence-corrected chi connectivity index (χ4v) is 0.782. The molecule has 0 aliphatic carbocycles. The van der Waals surface area contributed by atoms with Gasteiger partial charge < -0.3 is 0 Å². The van der Waals surface area contributed by atoms with Gasteiger partial charge >= 0.3 is 0 Å². The first kappa shape index (κ1) is 6.49. The molecule has 0 aliphatic rings. The molecule has 1 aromatic rings. The normalized spacial score (nSPS) is 9.00. The lowest BCUT2D eigenvalue weighted by molar-refractivity contribution is 0.109. The van der Waals surface area contributed by atoms with Crippen LogP contribution >= 0.6 is 15.9 Å². The van der Waals surface area contributed by atoms with Gasteiger partial charge in [-0.2, -0.15) is 0 Å². The summed E-state index contributed by atoms with van der Waals surface area (Å²) in [6.07, 6.45) is 0. The Bertz CT molecular complexity index is 205. The van der Waals surface area contributed by atoms with Crippen molar-refractivity contribution in [1.82, 2.24) is 0 Å². The van der Waals surface area contributed by atoms with Crippen molar-refractivity contribution in [3.8, 4) is 0 Å². The Hall–Kier alpha value is -0.630. The molecule has 0 atom stereocenters. The van der Waals surface area contributed by atoms with E-state index in [-0.39, 0.29) is 4.69 Å². The summed E-state index contributed by atoms with van der Waals surface area (Å²) in [5, 5.41) is 0. The molecule has 0 saturated carbocycles. The average Bonchev–Trinajstić information content (AvgIpc) is 1.90. The van der Waals surface area contributed by atoms with Crippen LogP contribution in [-0.2, 0) is 0 Å². The van der Waals surface area contributed by atoms with Gasteiger partial charge in [0, 0.05) is 5.56 Å². The molecular weight excluding hydrogens is 180 g/mol. The van der Waals surface area contributed by atoms with Gasteiger partial charge in [0.2, 0.25) is 4.69 Å². The monoisotopic (exact) mass is 183 g/mol. The summed E-state index contributed by atoms with van der Waals surface area (Å²) in [6, 6.07) is 9.63. The highest BCUT2D eigenvalue weighted by molar-refractivity contribution is 9.18. The lowest BCUT2D eigenvalue weighted by Crippen LogP contribution is -1.84. The lowest BCUT2D eigenvalue weighted by atomic mass is 10.2. The Morgan fingerprint density at radius 2 is 2.00 bits per heavy atom. The molecule has 45 valence electrons. The van der Waals surface area contributed by atoms with Crippen LogP contribution in [0.3, 0.4) is 0 Å². The molecule has 0 aliphatic heterocycles. The van der Waals surface area contributed by atoms with Crippen molar-refractivity contribution >= 4 is 20.6 Å². The third kappa shape index (κ3) is 1.64. The Balaban J connectivity index is 2.98. The number of halogens is 1. The van der Waals surface area contributed by atoms with E-state index in [0.29, 0.717) is 5.56 Å². The second-order valence-electron chi connectivity index (χ2n) is 1.56. The summed E-state index contributed by atoms with van der Waals surface area (Å²) in [6.45, 7) is 0. The summed E-state index contributed by atoms with van der Waals surface area (Å²) in [5.74, 6) is 0. The fraction of sp³-hybridized carbons (Fsp3) is 0. The van der Waals surface area contributed by atoms with Crippen molar-refractivity contribution < 1.29 is 4.79 Å². The van der Waals surface area contributed by atoms with E-state index in [2.05, 4.69) is 22.0 Å². The van der Waals surface area contributed by atoms with Gasteiger partial charge in [-0.15, -0.1) is 0 Å². The molecule has 0 amide bonds. The first-order chi connectivity index (χ1) is 4.30. The summed E-state index contributed by atoms with van der Waals surface area (Å²) in [7, 11) is 0. The van der Waals surface area contributed by atoms with Crippen LogP contribution in [0.4, 0.5) is 0 Å². The van der Waals surface area contributed by atoms with Crippen LogP contribution in [0.5, 0.6) is 0 Å². The maximum atomic E-state index is 10.5. The van der Waals surface area contributed by atoms with Crippen molar-refractivity contribution in [2.24, 2.45) is 0 Å². The number of rotatable bonds is 1. The maximum Gasteiger partial charge on any atom is 0.228 e. The van der Waals surface area contributed by atoms with Crippen molar-refractivity contribution in [2.75, 3.05) is 0 Å². The van der Waals surface area contributed by atoms with Crippen LogP contribution in [0, 0.1) is 6.07 Å². The van der Waals surface area contributed by atoms with Gasteiger partial charge in [-0.3, -0.25) is 4.79 Å². The predicted octanol–water partition coefficient (Wildman–Crippen LogP) is 2.02. The molecule has 2 heteroatoms. The van der Waals surface area contributed by atoms with Gasteiger partial charge in [-0.1, -0.05) is 12.1 Å². The van der Waals surface area contributed by atoms with Gasteiger partial charge in [0.15, 0.2) is 0 Å². The van der Waals surface area contributed by atoms with E-state index in [1.165, 1.54) is 0 Å². The Labute approximate surface area is 61.8 Å². The molecule has 1 rings (SSSR count). The third-order valence-electron chi connectivity index (χ3n) is 0.945. The van der Waals surface area contributed by atoms with Gasteiger partial charge in [0.1, 0.15) is 0 Å². The van der Waals surface area contributed by atoms with E-state index < -0.39 is 0 Å².